The third-order valence-corrected chi connectivity index (χ3v) is 6.06. The highest BCUT2D eigenvalue weighted by molar-refractivity contribution is 7.97. The fourth-order valence-electron chi connectivity index (χ4n) is 2.52. The van der Waals surface area contributed by atoms with Crippen molar-refractivity contribution >= 4 is 32.0 Å². The first kappa shape index (κ1) is 21.5. The number of anilines is 1. The van der Waals surface area contributed by atoms with Gasteiger partial charge in [-0.15, -0.1) is 0 Å². The van der Waals surface area contributed by atoms with Gasteiger partial charge in [0, 0.05) is 38.8 Å². The van der Waals surface area contributed by atoms with Gasteiger partial charge in [0.1, 0.15) is 4.91 Å². The van der Waals surface area contributed by atoms with Crippen LogP contribution in [0.25, 0.3) is 11.3 Å². The molecule has 3 N–H and O–H groups in total. The van der Waals surface area contributed by atoms with Gasteiger partial charge < -0.3 is 5.73 Å². The minimum Gasteiger partial charge on any atom is -0.403 e. The molecule has 28 heavy (non-hydrogen) atoms. The standard InChI is InChI=1S/C17H21N5O4S2.H2/c1-11-6-5-7-12(2)16(11)14-8-15(27(4,23)24)21-17(20-14)22-28(25,26)13(9-18)10-19-3;/h5-10H,18H2,1-4H3,(H,20,21,22);1H/b13-9+,19-10?;. The highest BCUT2D eigenvalue weighted by Gasteiger charge is 2.21. The predicted molar refractivity (Wildman–Crippen MR) is 111 cm³/mol. The number of nitrogens with one attached hydrogen (secondary N) is 1. The summed E-state index contributed by atoms with van der Waals surface area (Å²) >= 11 is 0. The molecule has 0 fully saturated rings. The van der Waals surface area contributed by atoms with Gasteiger partial charge in [-0.25, -0.2) is 31.5 Å². The van der Waals surface area contributed by atoms with Crippen LogP contribution in [0.2, 0.25) is 0 Å². The van der Waals surface area contributed by atoms with Crippen LogP contribution in [0, 0.1) is 13.8 Å². The van der Waals surface area contributed by atoms with Gasteiger partial charge in [-0.1, -0.05) is 18.2 Å². The SMILES string of the molecule is CN=C/C(=C\N)S(=O)(=O)Nc1nc(-c2c(C)cccc2C)cc(S(C)(=O)=O)n1.[HH]. The lowest BCUT2D eigenvalue weighted by atomic mass is 10.00. The molecule has 0 aliphatic carbocycles. The second-order valence-corrected chi connectivity index (χ2v) is 9.66. The summed E-state index contributed by atoms with van der Waals surface area (Å²) in [5.41, 5.74) is 8.04. The monoisotopic (exact) mass is 425 g/mol. The van der Waals surface area contributed by atoms with Crippen molar-refractivity contribution < 1.29 is 18.3 Å². The van der Waals surface area contributed by atoms with Gasteiger partial charge in [0.05, 0.1) is 5.69 Å². The van der Waals surface area contributed by atoms with E-state index in [0.29, 0.717) is 5.56 Å². The lowest BCUT2D eigenvalue weighted by Gasteiger charge is -2.13. The maximum absolute atomic E-state index is 12.5. The molecule has 0 amide bonds. The lowest BCUT2D eigenvalue weighted by Crippen LogP contribution is -2.19. The van der Waals surface area contributed by atoms with Crippen LogP contribution in [0.3, 0.4) is 0 Å². The van der Waals surface area contributed by atoms with Crippen LogP contribution >= 0.6 is 0 Å². The molecule has 2 rings (SSSR count). The number of allylic oxidation sites excluding steroid dienone is 1. The van der Waals surface area contributed by atoms with Crippen LogP contribution in [0.4, 0.5) is 5.95 Å². The fourth-order valence-corrected chi connectivity index (χ4v) is 3.97. The second kappa shape index (κ2) is 8.07. The average Bonchev–Trinajstić information content (AvgIpc) is 2.58. The number of sulfonamides is 1. The number of nitrogens with two attached hydrogens (primary N) is 1. The number of rotatable bonds is 6. The molecular formula is C17H23N5O4S2. The number of aryl methyl sites for hydroxylation is 2. The summed E-state index contributed by atoms with van der Waals surface area (Å²) in [6.07, 6.45) is 2.90. The Balaban J connectivity index is 0.00000420. The molecule has 0 unspecified atom stereocenters. The molecule has 0 spiro atoms. The normalized spacial score (nSPS) is 13.1. The van der Waals surface area contributed by atoms with Gasteiger partial charge in [-0.05, 0) is 25.0 Å². The van der Waals surface area contributed by atoms with Gasteiger partial charge in [-0.3, -0.25) is 4.99 Å². The van der Waals surface area contributed by atoms with E-state index in [1.54, 1.807) is 0 Å². The van der Waals surface area contributed by atoms with E-state index < -0.39 is 19.9 Å². The van der Waals surface area contributed by atoms with Crippen molar-refractivity contribution in [2.75, 3.05) is 18.0 Å². The summed E-state index contributed by atoms with van der Waals surface area (Å²) in [7, 11) is -6.49. The van der Waals surface area contributed by atoms with Crippen molar-refractivity contribution in [1.29, 1.82) is 0 Å². The Labute approximate surface area is 165 Å². The van der Waals surface area contributed by atoms with E-state index in [1.165, 1.54) is 13.1 Å². The van der Waals surface area contributed by atoms with Crippen molar-refractivity contribution in [3.63, 3.8) is 0 Å². The first-order valence-corrected chi connectivity index (χ1v) is 11.4. The molecule has 0 saturated heterocycles. The number of hydrogen-bond acceptors (Lipinski definition) is 8. The van der Waals surface area contributed by atoms with Crippen LogP contribution in [-0.2, 0) is 19.9 Å². The molecule has 0 aliphatic heterocycles. The zero-order valence-corrected chi connectivity index (χ0v) is 17.5. The first-order valence-electron chi connectivity index (χ1n) is 8.02. The van der Waals surface area contributed by atoms with E-state index in [2.05, 4.69) is 19.7 Å². The number of hydrogen-bond donors (Lipinski definition) is 2. The fraction of sp³-hybridized carbons (Fsp3) is 0.235. The van der Waals surface area contributed by atoms with Gasteiger partial charge in [0.15, 0.2) is 14.9 Å². The zero-order chi connectivity index (χ0) is 21.1. The van der Waals surface area contributed by atoms with E-state index in [9.17, 15) is 16.8 Å². The van der Waals surface area contributed by atoms with Crippen LogP contribution in [0.1, 0.15) is 12.6 Å². The van der Waals surface area contributed by atoms with Gasteiger partial charge in [0.2, 0.25) is 5.95 Å². The van der Waals surface area contributed by atoms with Crippen LogP contribution in [0.15, 0.2) is 45.4 Å². The number of aromatic nitrogens is 2. The Morgan fingerprint density at radius 2 is 1.79 bits per heavy atom. The molecule has 9 nitrogen and oxygen atoms in total. The number of sulfone groups is 1. The molecule has 0 saturated carbocycles. The maximum atomic E-state index is 12.5. The highest BCUT2D eigenvalue weighted by atomic mass is 32.2. The Bertz CT molecular complexity index is 1160. The van der Waals surface area contributed by atoms with Crippen molar-refractivity contribution in [3.8, 4) is 11.3 Å². The summed E-state index contributed by atoms with van der Waals surface area (Å²) in [6, 6.07) is 6.87. The van der Waals surface area contributed by atoms with Gasteiger partial charge >= 0.3 is 0 Å². The summed E-state index contributed by atoms with van der Waals surface area (Å²) in [6.45, 7) is 3.70. The molecule has 1 aromatic carbocycles. The molecule has 2 aromatic rings. The van der Waals surface area contributed by atoms with Gasteiger partial charge in [-0.2, -0.15) is 0 Å². The summed E-state index contributed by atoms with van der Waals surface area (Å²) in [5, 5.41) is -0.305. The Morgan fingerprint density at radius 1 is 1.18 bits per heavy atom. The molecular weight excluding hydrogens is 402 g/mol. The average molecular weight is 426 g/mol. The van der Waals surface area contributed by atoms with E-state index in [4.69, 9.17) is 5.73 Å². The minimum atomic E-state index is -4.15. The van der Waals surface area contributed by atoms with Gasteiger partial charge in [0.25, 0.3) is 10.0 Å². The van der Waals surface area contributed by atoms with Crippen molar-refractivity contribution in [2.24, 2.45) is 10.7 Å². The van der Waals surface area contributed by atoms with Crippen molar-refractivity contribution in [3.05, 3.63) is 46.5 Å². The number of benzene rings is 1. The quantitative estimate of drug-likeness (QED) is 0.529. The van der Waals surface area contributed by atoms with E-state index in [0.717, 1.165) is 29.8 Å². The highest BCUT2D eigenvalue weighted by Crippen LogP contribution is 2.28. The second-order valence-electron chi connectivity index (χ2n) is 6.02. The molecule has 0 bridgehead atoms. The Kier molecular flexibility index (Phi) is 6.20. The molecule has 11 heteroatoms. The summed E-state index contributed by atoms with van der Waals surface area (Å²) in [4.78, 5) is 11.4. The zero-order valence-electron chi connectivity index (χ0n) is 15.8. The van der Waals surface area contributed by atoms with Crippen LogP contribution in [-0.4, -0.2) is 46.3 Å². The largest absolute Gasteiger partial charge is 0.403 e. The lowest BCUT2D eigenvalue weighted by molar-refractivity contribution is 0.597. The summed E-state index contributed by atoms with van der Waals surface area (Å²) in [5.74, 6) is -0.385. The third-order valence-electron chi connectivity index (χ3n) is 3.78. The molecule has 1 aromatic heterocycles. The van der Waals surface area contributed by atoms with Crippen molar-refractivity contribution in [1.82, 2.24) is 9.97 Å². The molecule has 0 aliphatic rings. The molecule has 0 radical (unpaired) electrons. The minimum absolute atomic E-state index is 0. The maximum Gasteiger partial charge on any atom is 0.267 e. The molecule has 152 valence electrons. The van der Waals surface area contributed by atoms with Crippen molar-refractivity contribution in [2.45, 2.75) is 18.9 Å². The van der Waals surface area contributed by atoms with Crippen LogP contribution in [0.5, 0.6) is 0 Å². The predicted octanol–water partition coefficient (Wildman–Crippen LogP) is 1.65. The van der Waals surface area contributed by atoms with E-state index in [1.807, 2.05) is 32.0 Å². The van der Waals surface area contributed by atoms with E-state index >= 15 is 0 Å². The molecule has 0 atom stereocenters. The number of aliphatic imine (C=N–C) groups is 1. The molecule has 1 heterocycles. The smallest absolute Gasteiger partial charge is 0.267 e. The van der Waals surface area contributed by atoms with E-state index in [-0.39, 0.29) is 23.0 Å². The first-order chi connectivity index (χ1) is 13.0. The van der Waals surface area contributed by atoms with Crippen LogP contribution < -0.4 is 10.5 Å². The summed E-state index contributed by atoms with van der Waals surface area (Å²) < 4.78 is 51.3. The third kappa shape index (κ3) is 4.73. The topological polar surface area (TPSA) is 144 Å². The number of nitrogens with zero attached hydrogens (tertiary/aromatic N) is 3. The Morgan fingerprint density at radius 3 is 2.29 bits per heavy atom. The Hall–Kier alpha value is -2.79.